The van der Waals surface area contributed by atoms with Crippen LogP contribution in [0.25, 0.3) is 0 Å². The van der Waals surface area contributed by atoms with E-state index in [2.05, 4.69) is 72.6 Å². The highest BCUT2D eigenvalue weighted by Crippen LogP contribution is 2.37. The molecule has 0 aromatic heterocycles. The molecule has 1 atom stereocenters. The van der Waals surface area contributed by atoms with Crippen molar-refractivity contribution in [2.24, 2.45) is 11.8 Å². The van der Waals surface area contributed by atoms with Crippen LogP contribution in [-0.2, 0) is 9.53 Å². The lowest BCUT2D eigenvalue weighted by atomic mass is 9.73. The lowest BCUT2D eigenvalue weighted by Gasteiger charge is -2.47. The summed E-state index contributed by atoms with van der Waals surface area (Å²) < 4.78 is 5.96. The predicted molar refractivity (Wildman–Crippen MR) is 117 cm³/mol. The fourth-order valence-corrected chi connectivity index (χ4v) is 5.97. The van der Waals surface area contributed by atoms with Crippen molar-refractivity contribution >= 4 is 5.97 Å². The molecule has 0 bridgehead atoms. The molecule has 2 rings (SSSR count). The van der Waals surface area contributed by atoms with Crippen LogP contribution < -0.4 is 10.6 Å². The van der Waals surface area contributed by atoms with E-state index in [1.165, 1.54) is 0 Å². The standard InChI is InChI=1S/C24H44N2O2/c1-16(11-18-12-21(3,4)25-22(5,6)13-18)17(2)20(27)28-19-14-23(7,8)26-24(9,10)15-19/h17-19,25-26H,1,11-15H2,2-10H3. The van der Waals surface area contributed by atoms with Gasteiger partial charge in [0.05, 0.1) is 5.92 Å². The smallest absolute Gasteiger partial charge is 0.313 e. The maximum atomic E-state index is 12.9. The number of ether oxygens (including phenoxy) is 1. The summed E-state index contributed by atoms with van der Waals surface area (Å²) in [6.07, 6.45) is 4.76. The maximum absolute atomic E-state index is 12.9. The number of rotatable bonds is 5. The summed E-state index contributed by atoms with van der Waals surface area (Å²) in [5.74, 6) is 0.184. The zero-order valence-corrected chi connectivity index (χ0v) is 19.8. The van der Waals surface area contributed by atoms with Crippen LogP contribution in [0.15, 0.2) is 12.2 Å². The van der Waals surface area contributed by atoms with E-state index < -0.39 is 0 Å². The van der Waals surface area contributed by atoms with Gasteiger partial charge >= 0.3 is 5.97 Å². The fraction of sp³-hybridized carbons (Fsp3) is 0.875. The number of carbonyl (C=O) groups excluding carboxylic acids is 1. The summed E-state index contributed by atoms with van der Waals surface area (Å²) >= 11 is 0. The molecule has 2 aliphatic rings. The molecular weight excluding hydrogens is 348 g/mol. The minimum Gasteiger partial charge on any atom is -0.462 e. The van der Waals surface area contributed by atoms with Crippen molar-refractivity contribution < 1.29 is 9.53 Å². The largest absolute Gasteiger partial charge is 0.462 e. The van der Waals surface area contributed by atoms with E-state index in [0.717, 1.165) is 37.7 Å². The zero-order chi connectivity index (χ0) is 21.5. The van der Waals surface area contributed by atoms with E-state index in [9.17, 15) is 4.79 Å². The van der Waals surface area contributed by atoms with Crippen molar-refractivity contribution in [3.63, 3.8) is 0 Å². The first-order valence-corrected chi connectivity index (χ1v) is 11.0. The van der Waals surface area contributed by atoms with Gasteiger partial charge < -0.3 is 15.4 Å². The molecule has 0 amide bonds. The SMILES string of the molecule is C=C(CC1CC(C)(C)NC(C)(C)C1)C(C)C(=O)OC1CC(C)(C)NC(C)(C)C1. The van der Waals surface area contributed by atoms with E-state index in [0.29, 0.717) is 5.92 Å². The molecule has 2 fully saturated rings. The Balaban J connectivity index is 1.94. The van der Waals surface area contributed by atoms with Gasteiger partial charge in [-0.2, -0.15) is 0 Å². The third-order valence-corrected chi connectivity index (χ3v) is 6.23. The topological polar surface area (TPSA) is 50.4 Å². The highest BCUT2D eigenvalue weighted by atomic mass is 16.5. The second-order valence-corrected chi connectivity index (χ2v) is 12.1. The molecule has 2 N–H and O–H groups in total. The van der Waals surface area contributed by atoms with Crippen LogP contribution in [0.3, 0.4) is 0 Å². The third-order valence-electron chi connectivity index (χ3n) is 6.23. The molecule has 2 heterocycles. The molecule has 0 aliphatic carbocycles. The molecule has 2 aliphatic heterocycles. The maximum Gasteiger partial charge on any atom is 0.313 e. The van der Waals surface area contributed by atoms with Crippen molar-refractivity contribution in [1.29, 1.82) is 0 Å². The Morgan fingerprint density at radius 3 is 1.71 bits per heavy atom. The number of esters is 1. The van der Waals surface area contributed by atoms with Crippen molar-refractivity contribution in [2.75, 3.05) is 0 Å². The van der Waals surface area contributed by atoms with Crippen molar-refractivity contribution in [3.05, 3.63) is 12.2 Å². The molecular formula is C24H44N2O2. The van der Waals surface area contributed by atoms with Gasteiger partial charge in [-0.3, -0.25) is 4.79 Å². The van der Waals surface area contributed by atoms with Crippen LogP contribution in [0.5, 0.6) is 0 Å². The van der Waals surface area contributed by atoms with E-state index in [1.54, 1.807) is 0 Å². The minimum absolute atomic E-state index is 0.0286. The van der Waals surface area contributed by atoms with Gasteiger partial charge in [0.2, 0.25) is 0 Å². The fourth-order valence-electron chi connectivity index (χ4n) is 5.97. The van der Waals surface area contributed by atoms with Gasteiger partial charge in [0.1, 0.15) is 6.10 Å². The van der Waals surface area contributed by atoms with Crippen LogP contribution in [0.4, 0.5) is 0 Å². The number of carbonyl (C=O) groups is 1. The van der Waals surface area contributed by atoms with Gasteiger partial charge in [0.25, 0.3) is 0 Å². The van der Waals surface area contributed by atoms with Crippen molar-refractivity contribution in [1.82, 2.24) is 10.6 Å². The Hall–Kier alpha value is -0.870. The number of hydrogen-bond acceptors (Lipinski definition) is 4. The third kappa shape index (κ3) is 6.59. The number of piperidine rings is 2. The van der Waals surface area contributed by atoms with Gasteiger partial charge in [0.15, 0.2) is 0 Å². The summed E-state index contributed by atoms with van der Waals surface area (Å²) in [4.78, 5) is 12.9. The normalized spacial score (nSPS) is 27.8. The van der Waals surface area contributed by atoms with E-state index in [-0.39, 0.29) is 40.1 Å². The second-order valence-electron chi connectivity index (χ2n) is 12.1. The lowest BCUT2D eigenvalue weighted by Crippen LogP contribution is -2.59. The van der Waals surface area contributed by atoms with Crippen LogP contribution in [0.1, 0.15) is 94.4 Å². The van der Waals surface area contributed by atoms with Crippen LogP contribution in [0, 0.1) is 11.8 Å². The van der Waals surface area contributed by atoms with Gasteiger partial charge in [0, 0.05) is 35.0 Å². The Labute approximate surface area is 173 Å². The molecule has 162 valence electrons. The van der Waals surface area contributed by atoms with Gasteiger partial charge in [-0.25, -0.2) is 0 Å². The average molecular weight is 393 g/mol. The quantitative estimate of drug-likeness (QED) is 0.512. The van der Waals surface area contributed by atoms with E-state index >= 15 is 0 Å². The minimum atomic E-state index is -0.248. The van der Waals surface area contributed by atoms with Crippen LogP contribution in [-0.4, -0.2) is 34.2 Å². The Morgan fingerprint density at radius 1 is 0.893 bits per heavy atom. The molecule has 0 aromatic rings. The Bertz CT molecular complexity index is 520. The second kappa shape index (κ2) is 7.75. The molecule has 0 spiro atoms. The summed E-state index contributed by atoms with van der Waals surface area (Å²) in [6.45, 7) is 24.0. The van der Waals surface area contributed by atoms with Gasteiger partial charge in [-0.1, -0.05) is 12.2 Å². The van der Waals surface area contributed by atoms with Crippen molar-refractivity contribution in [3.8, 4) is 0 Å². The first-order valence-electron chi connectivity index (χ1n) is 11.0. The zero-order valence-electron chi connectivity index (χ0n) is 19.8. The molecule has 0 radical (unpaired) electrons. The highest BCUT2D eigenvalue weighted by molar-refractivity contribution is 5.75. The summed E-state index contributed by atoms with van der Waals surface area (Å²) in [7, 11) is 0. The molecule has 4 nitrogen and oxygen atoms in total. The van der Waals surface area contributed by atoms with Gasteiger partial charge in [-0.05, 0) is 87.5 Å². The molecule has 2 saturated heterocycles. The number of nitrogens with one attached hydrogen (secondary N) is 2. The predicted octanol–water partition coefficient (Wildman–Crippen LogP) is 4.98. The Morgan fingerprint density at radius 2 is 1.29 bits per heavy atom. The van der Waals surface area contributed by atoms with Gasteiger partial charge in [-0.15, -0.1) is 0 Å². The Kier molecular flexibility index (Phi) is 6.48. The average Bonchev–Trinajstić information content (AvgIpc) is 2.38. The molecule has 0 aromatic carbocycles. The highest BCUT2D eigenvalue weighted by Gasteiger charge is 2.41. The molecule has 28 heavy (non-hydrogen) atoms. The first kappa shape index (κ1) is 23.4. The summed E-state index contributed by atoms with van der Waals surface area (Å²) in [5, 5.41) is 7.37. The van der Waals surface area contributed by atoms with Crippen LogP contribution in [0.2, 0.25) is 0 Å². The lowest BCUT2D eigenvalue weighted by molar-refractivity contribution is -0.156. The first-order chi connectivity index (χ1) is 12.5. The van der Waals surface area contributed by atoms with Crippen molar-refractivity contribution in [2.45, 2.75) is 123 Å². The molecule has 1 unspecified atom stereocenters. The summed E-state index contributed by atoms with van der Waals surface area (Å²) in [5.41, 5.74) is 1.18. The molecule has 0 saturated carbocycles. The van der Waals surface area contributed by atoms with E-state index in [4.69, 9.17) is 4.74 Å². The number of hydrogen-bond donors (Lipinski definition) is 2. The van der Waals surface area contributed by atoms with E-state index in [1.807, 2.05) is 6.92 Å². The monoisotopic (exact) mass is 392 g/mol. The van der Waals surface area contributed by atoms with Crippen LogP contribution >= 0.6 is 0 Å². The molecule has 4 heteroatoms. The summed E-state index contributed by atoms with van der Waals surface area (Å²) in [6, 6.07) is 0.